The normalized spacial score (nSPS) is 13.7. The first kappa shape index (κ1) is 36.6. The minimum atomic E-state index is -0.227. The molecule has 1 aliphatic heterocycles. The second-order valence-corrected chi connectivity index (χ2v) is 13.9. The predicted octanol–water partition coefficient (Wildman–Crippen LogP) is 11.6. The average Bonchev–Trinajstić information content (AvgIpc) is 3.59. The minimum absolute atomic E-state index is 0.227. The van der Waals surface area contributed by atoms with Gasteiger partial charge >= 0.3 is 0 Å². The quantitative estimate of drug-likeness (QED) is 0.122. The second kappa shape index (κ2) is 16.1. The van der Waals surface area contributed by atoms with Crippen molar-refractivity contribution in [3.63, 3.8) is 0 Å². The monoisotopic (exact) mass is 715 g/mol. The number of allylic oxidation sites excluding steroid dienone is 1. The number of fused-ring (bicyclic) bond motifs is 3. The zero-order valence-corrected chi connectivity index (χ0v) is 31.7. The van der Waals surface area contributed by atoms with E-state index in [-0.39, 0.29) is 5.41 Å². The van der Waals surface area contributed by atoms with Crippen molar-refractivity contribution in [2.45, 2.75) is 32.6 Å². The van der Waals surface area contributed by atoms with Crippen molar-refractivity contribution >= 4 is 52.9 Å². The molecule has 0 amide bonds. The fraction of sp³-hybridized carbons (Fsp3) is 0.0980. The molecule has 2 heterocycles. The minimum Gasteiger partial charge on any atom is -0.456 e. The van der Waals surface area contributed by atoms with E-state index < -0.39 is 0 Å². The summed E-state index contributed by atoms with van der Waals surface area (Å²) in [5.74, 6) is 0.509. The van der Waals surface area contributed by atoms with E-state index in [9.17, 15) is 0 Å². The first-order valence-corrected chi connectivity index (χ1v) is 18.6. The van der Waals surface area contributed by atoms with Crippen LogP contribution >= 0.6 is 0 Å². The zero-order chi connectivity index (χ0) is 38.4. The SMILES string of the molecule is C=C/C=c1/oc2cccc(C(=C)N=C(N=C)c3ccccc3)c2/c1=C/N1c2ccccc2C(C)(C)c2cc(-c3ccccc3)ccc21.CCc1ccccc1. The average molecular weight is 716 g/mol. The number of aryl methyl sites for hydroxylation is 1. The molecular formula is C51H45N3O. The van der Waals surface area contributed by atoms with Crippen molar-refractivity contribution in [2.75, 3.05) is 4.90 Å². The molecule has 1 aliphatic rings. The zero-order valence-electron chi connectivity index (χ0n) is 31.7. The Hall–Kier alpha value is -6.78. The number of hydrogen-bond acceptors (Lipinski definition) is 3. The number of para-hydroxylation sites is 1. The molecular weight excluding hydrogens is 671 g/mol. The maximum atomic E-state index is 6.47. The Morgan fingerprint density at radius 1 is 0.727 bits per heavy atom. The van der Waals surface area contributed by atoms with E-state index >= 15 is 0 Å². The molecule has 55 heavy (non-hydrogen) atoms. The highest BCUT2D eigenvalue weighted by Gasteiger charge is 2.36. The number of aliphatic imine (C=N–C) groups is 2. The molecule has 0 saturated carbocycles. The Kier molecular flexibility index (Phi) is 10.7. The van der Waals surface area contributed by atoms with Crippen LogP contribution in [0.1, 0.15) is 48.6 Å². The molecule has 0 spiro atoms. The standard InChI is InChI=1S/C43H35N3O.C8H10/c1-6-16-39-34(41-33(21-15-24-40(41)47-39)29(2)45-42(44-5)31-19-11-8-12-20-31)28-46-37-23-14-13-22-35(37)43(3,4)36-27-32(25-26-38(36)46)30-17-9-7-10-18-30;1-2-8-6-4-3-5-7-8/h6-28H,1-2,5H2,3-4H3;3-7H,2H2,1H3/b34-28+,39-16+,45-42?;. The predicted molar refractivity (Wildman–Crippen MR) is 235 cm³/mol. The molecule has 0 atom stereocenters. The van der Waals surface area contributed by atoms with Gasteiger partial charge in [0.15, 0.2) is 5.84 Å². The van der Waals surface area contributed by atoms with Crippen molar-refractivity contribution in [2.24, 2.45) is 9.98 Å². The summed E-state index contributed by atoms with van der Waals surface area (Å²) < 4.78 is 6.47. The molecule has 0 saturated heterocycles. The molecule has 8 rings (SSSR count). The van der Waals surface area contributed by atoms with Gasteiger partial charge in [0, 0.05) is 44.7 Å². The first-order valence-electron chi connectivity index (χ1n) is 18.6. The Morgan fingerprint density at radius 2 is 1.38 bits per heavy atom. The number of benzene rings is 6. The van der Waals surface area contributed by atoms with Gasteiger partial charge in [-0.1, -0.05) is 167 Å². The summed E-state index contributed by atoms with van der Waals surface area (Å²) in [6.07, 6.45) is 6.98. The Balaban J connectivity index is 0.000000518. The van der Waals surface area contributed by atoms with Crippen LogP contribution in [-0.4, -0.2) is 12.6 Å². The van der Waals surface area contributed by atoms with Crippen LogP contribution in [0.15, 0.2) is 185 Å². The highest BCUT2D eigenvalue weighted by molar-refractivity contribution is 6.05. The van der Waals surface area contributed by atoms with Crippen LogP contribution in [0.4, 0.5) is 11.4 Å². The lowest BCUT2D eigenvalue weighted by Crippen LogP contribution is -2.33. The van der Waals surface area contributed by atoms with E-state index in [0.717, 1.165) is 45.1 Å². The van der Waals surface area contributed by atoms with Crippen LogP contribution in [0.5, 0.6) is 0 Å². The summed E-state index contributed by atoms with van der Waals surface area (Å²) in [7, 11) is 0. The van der Waals surface area contributed by atoms with Crippen molar-refractivity contribution in [3.8, 4) is 11.1 Å². The number of anilines is 2. The molecule has 7 aromatic rings. The Morgan fingerprint density at radius 3 is 2.05 bits per heavy atom. The third-order valence-corrected chi connectivity index (χ3v) is 10.2. The van der Waals surface area contributed by atoms with E-state index in [4.69, 9.17) is 9.41 Å². The van der Waals surface area contributed by atoms with Gasteiger partial charge in [0.1, 0.15) is 11.0 Å². The largest absolute Gasteiger partial charge is 0.456 e. The Bertz CT molecular complexity index is 2650. The number of furan rings is 1. The highest BCUT2D eigenvalue weighted by Crippen LogP contribution is 2.50. The first-order chi connectivity index (χ1) is 26.8. The lowest BCUT2D eigenvalue weighted by molar-refractivity contribution is 0.575. The van der Waals surface area contributed by atoms with E-state index in [1.165, 1.54) is 27.8 Å². The van der Waals surface area contributed by atoms with E-state index in [1.54, 1.807) is 6.08 Å². The van der Waals surface area contributed by atoms with Crippen LogP contribution in [0.2, 0.25) is 0 Å². The molecule has 0 aliphatic carbocycles. The Labute approximate surface area is 324 Å². The molecule has 0 N–H and O–H groups in total. The molecule has 4 nitrogen and oxygen atoms in total. The van der Waals surface area contributed by atoms with Crippen LogP contribution < -0.4 is 15.5 Å². The van der Waals surface area contributed by atoms with Crippen LogP contribution in [0, 0.1) is 0 Å². The summed E-state index contributed by atoms with van der Waals surface area (Å²) in [4.78, 5) is 11.4. The number of nitrogens with zero attached hydrogens (tertiary/aromatic N) is 3. The van der Waals surface area contributed by atoms with Crippen molar-refractivity contribution in [1.29, 1.82) is 0 Å². The topological polar surface area (TPSA) is 41.1 Å². The van der Waals surface area contributed by atoms with Gasteiger partial charge in [-0.3, -0.25) is 0 Å². The number of rotatable bonds is 7. The highest BCUT2D eigenvalue weighted by atomic mass is 16.3. The van der Waals surface area contributed by atoms with Gasteiger partial charge in [0.05, 0.1) is 5.70 Å². The van der Waals surface area contributed by atoms with E-state index in [0.29, 0.717) is 16.9 Å². The summed E-state index contributed by atoms with van der Waals surface area (Å²) in [5, 5.41) is 1.82. The van der Waals surface area contributed by atoms with Crippen molar-refractivity contribution < 1.29 is 4.42 Å². The van der Waals surface area contributed by atoms with Gasteiger partial charge in [0.25, 0.3) is 0 Å². The summed E-state index contributed by atoms with van der Waals surface area (Å²) in [6, 6.07) is 52.2. The third-order valence-electron chi connectivity index (χ3n) is 10.2. The smallest absolute Gasteiger partial charge is 0.159 e. The molecule has 1 aromatic heterocycles. The maximum Gasteiger partial charge on any atom is 0.159 e. The summed E-state index contributed by atoms with van der Waals surface area (Å²) in [6.45, 7) is 18.9. The molecule has 270 valence electrons. The lowest BCUT2D eigenvalue weighted by Gasteiger charge is -2.41. The van der Waals surface area contributed by atoms with Gasteiger partial charge in [-0.25, -0.2) is 9.98 Å². The van der Waals surface area contributed by atoms with Crippen LogP contribution in [0.25, 0.3) is 40.1 Å². The van der Waals surface area contributed by atoms with Crippen LogP contribution in [0.3, 0.4) is 0 Å². The van der Waals surface area contributed by atoms with Crippen LogP contribution in [-0.2, 0) is 11.8 Å². The molecule has 0 unspecified atom stereocenters. The molecule has 0 radical (unpaired) electrons. The third kappa shape index (κ3) is 7.40. The molecule has 4 heteroatoms. The van der Waals surface area contributed by atoms with Gasteiger partial charge in [-0.15, -0.1) is 0 Å². The molecule has 0 bridgehead atoms. The number of hydrogen-bond donors (Lipinski definition) is 0. The van der Waals surface area contributed by atoms with Gasteiger partial charge in [0.2, 0.25) is 0 Å². The van der Waals surface area contributed by atoms with Gasteiger partial charge in [-0.05, 0) is 71.3 Å². The summed E-state index contributed by atoms with van der Waals surface area (Å²) in [5.41, 5.74) is 12.0. The van der Waals surface area contributed by atoms with E-state index in [1.807, 2.05) is 60.7 Å². The maximum absolute atomic E-state index is 6.47. The van der Waals surface area contributed by atoms with Gasteiger partial charge in [-0.2, -0.15) is 0 Å². The fourth-order valence-corrected chi connectivity index (χ4v) is 7.28. The molecule has 0 fully saturated rings. The summed E-state index contributed by atoms with van der Waals surface area (Å²) >= 11 is 0. The van der Waals surface area contributed by atoms with E-state index in [2.05, 4.69) is 154 Å². The fourth-order valence-electron chi connectivity index (χ4n) is 7.28. The second-order valence-electron chi connectivity index (χ2n) is 13.9. The molecule has 6 aromatic carbocycles. The lowest BCUT2D eigenvalue weighted by atomic mass is 9.73. The van der Waals surface area contributed by atoms with Crippen molar-refractivity contribution in [3.05, 3.63) is 209 Å². The number of amidine groups is 1. The van der Waals surface area contributed by atoms with Crippen molar-refractivity contribution in [1.82, 2.24) is 0 Å². The van der Waals surface area contributed by atoms with Gasteiger partial charge < -0.3 is 9.32 Å².